The number of hydrogen-bond donors (Lipinski definition) is 0. The molecule has 0 radical (unpaired) electrons. The molecule has 0 saturated carbocycles. The monoisotopic (exact) mass is 151 g/mol. The van der Waals surface area contributed by atoms with Crippen LogP contribution in [0.3, 0.4) is 0 Å². The van der Waals surface area contributed by atoms with Crippen molar-refractivity contribution in [2.45, 2.75) is 0 Å². The molecule has 0 unspecified atom stereocenters. The fourth-order valence-corrected chi connectivity index (χ4v) is 0. The average Bonchev–Trinajstić information content (AvgIpc) is 0. The van der Waals surface area contributed by atoms with E-state index in [0.717, 1.165) is 0 Å². The van der Waals surface area contributed by atoms with Crippen LogP contribution in [0.4, 0.5) is 0 Å². The minimum absolute atomic E-state index is 0. The van der Waals surface area contributed by atoms with Crippen molar-refractivity contribution in [1.82, 2.24) is 0 Å². The zero-order valence-electron chi connectivity index (χ0n) is 3.91. The summed E-state index contributed by atoms with van der Waals surface area (Å²) in [6.45, 7) is 0. The summed E-state index contributed by atoms with van der Waals surface area (Å²) in [6, 6.07) is 0. The summed E-state index contributed by atoms with van der Waals surface area (Å²) in [5.41, 5.74) is 0. The first-order chi connectivity index (χ1) is 0. The zero-order valence-corrected chi connectivity index (χ0v) is 12.8. The van der Waals surface area contributed by atoms with Crippen LogP contribution in [0.1, 0.15) is 0 Å². The fraction of sp³-hybridized carbons (Fsp3) is 0. The second kappa shape index (κ2) is 23.9. The Morgan fingerprint density at radius 1 is 0.800 bits per heavy atom. The summed E-state index contributed by atoms with van der Waals surface area (Å²) in [5.74, 6) is 0. The Balaban J connectivity index is 0. The average molecular weight is 151 g/mol. The first kappa shape index (κ1) is 34.5. The molecule has 0 aromatic rings. The van der Waals surface area contributed by atoms with Crippen molar-refractivity contribution < 1.29 is 110 Å². The molecule has 0 aliphatic heterocycles. The molecule has 0 aromatic carbocycles. The van der Waals surface area contributed by atoms with Crippen LogP contribution in [0.2, 0.25) is 0 Å². The molecule has 5 heavy (non-hydrogen) atoms. The van der Waals surface area contributed by atoms with Crippen LogP contribution >= 0.6 is 13.5 Å². The van der Waals surface area contributed by atoms with Gasteiger partial charge in [-0.05, 0) is 0 Å². The van der Waals surface area contributed by atoms with Gasteiger partial charge in [-0.15, -0.1) is 0 Å². The van der Waals surface area contributed by atoms with E-state index in [9.17, 15) is 0 Å². The van der Waals surface area contributed by atoms with Gasteiger partial charge in [-0.25, -0.2) is 0 Å². The predicted molar refractivity (Wildman–Crippen MR) is 17.7 cm³/mol. The quantitative estimate of drug-likeness (QED) is 0.302. The second-order valence-corrected chi connectivity index (χ2v) is 0. The normalized spacial score (nSPS) is 0. The molecular formula is H2KNa2S2+. The van der Waals surface area contributed by atoms with Crippen LogP contribution in [-0.4, -0.2) is 0 Å². The van der Waals surface area contributed by atoms with Crippen LogP contribution in [-0.2, 0) is 13.5 Å². The molecule has 0 heterocycles. The Bertz CT molecular complexity index is 7.61. The summed E-state index contributed by atoms with van der Waals surface area (Å²) in [6.07, 6.45) is 0. The fourth-order valence-electron chi connectivity index (χ4n) is 0. The minimum atomic E-state index is 0. The van der Waals surface area contributed by atoms with E-state index in [1.165, 1.54) is 0 Å². The summed E-state index contributed by atoms with van der Waals surface area (Å²) in [7, 11) is 0. The van der Waals surface area contributed by atoms with Crippen LogP contribution in [0, 0.1) is 0 Å². The van der Waals surface area contributed by atoms with Gasteiger partial charge in [0.15, 0.2) is 0 Å². The smallest absolute Gasteiger partial charge is 1.00 e. The first-order valence-electron chi connectivity index (χ1n) is 0. The molecule has 0 aliphatic rings. The van der Waals surface area contributed by atoms with Crippen molar-refractivity contribution >= 4 is 27.0 Å². The third-order valence-corrected chi connectivity index (χ3v) is 0. The first-order valence-corrected chi connectivity index (χ1v) is 0. The molecule has 0 bridgehead atoms. The van der Waals surface area contributed by atoms with Gasteiger partial charge in [0, 0.05) is 0 Å². The maximum Gasteiger partial charge on any atom is 1.00 e. The summed E-state index contributed by atoms with van der Waals surface area (Å²) in [5, 5.41) is 0. The van der Waals surface area contributed by atoms with E-state index in [1.807, 2.05) is 0 Å². The largest absolute Gasteiger partial charge is 2.00 e. The Labute approximate surface area is 134 Å². The van der Waals surface area contributed by atoms with E-state index in [1.54, 1.807) is 0 Å². The van der Waals surface area contributed by atoms with Crippen LogP contribution < -0.4 is 110 Å². The number of rotatable bonds is 0. The third-order valence-electron chi connectivity index (χ3n) is 0. The van der Waals surface area contributed by atoms with Gasteiger partial charge in [-0.3, -0.25) is 0 Å². The molecule has 0 aromatic heterocycles. The molecule has 0 atom stereocenters. The molecular weight excluding hydrogens is 149 g/mol. The van der Waals surface area contributed by atoms with E-state index in [0.29, 0.717) is 0 Å². The Kier molecular flexibility index (Phi) is 165. The molecule has 0 rings (SSSR count). The van der Waals surface area contributed by atoms with E-state index >= 15 is 0 Å². The van der Waals surface area contributed by atoms with Crippen molar-refractivity contribution in [3.8, 4) is 0 Å². The second-order valence-electron chi connectivity index (χ2n) is 0. The zero-order chi connectivity index (χ0) is 0. The molecule has 0 fully saturated rings. The summed E-state index contributed by atoms with van der Waals surface area (Å²) in [4.78, 5) is 0. The van der Waals surface area contributed by atoms with E-state index in [-0.39, 0.29) is 137 Å². The molecule has 0 nitrogen and oxygen atoms in total. The van der Waals surface area contributed by atoms with Crippen LogP contribution in [0.15, 0.2) is 0 Å². The third kappa shape index (κ3) is 17.8. The van der Waals surface area contributed by atoms with Crippen LogP contribution in [0.5, 0.6) is 0 Å². The molecule has 0 aliphatic carbocycles. The van der Waals surface area contributed by atoms with Crippen molar-refractivity contribution in [2.24, 2.45) is 0 Å². The van der Waals surface area contributed by atoms with Crippen molar-refractivity contribution in [3.63, 3.8) is 0 Å². The molecule has 0 saturated heterocycles. The molecule has 0 N–H and O–H groups in total. The van der Waals surface area contributed by atoms with Gasteiger partial charge in [-0.2, -0.15) is 13.5 Å². The minimum Gasteiger partial charge on any atom is -2.00 e. The molecule has 5 heteroatoms. The maximum atomic E-state index is 0. The van der Waals surface area contributed by atoms with Crippen molar-refractivity contribution in [3.05, 3.63) is 0 Å². The van der Waals surface area contributed by atoms with Crippen LogP contribution in [0.25, 0.3) is 0 Å². The van der Waals surface area contributed by atoms with Gasteiger partial charge in [-0.1, -0.05) is 0 Å². The van der Waals surface area contributed by atoms with Gasteiger partial charge in [0.2, 0.25) is 0 Å². The number of hydrogen-bond acceptors (Lipinski definition) is 0. The van der Waals surface area contributed by atoms with E-state index < -0.39 is 0 Å². The van der Waals surface area contributed by atoms with Gasteiger partial charge in [0.1, 0.15) is 0 Å². The molecule has 16 valence electrons. The maximum absolute atomic E-state index is 0. The Morgan fingerprint density at radius 3 is 0.800 bits per heavy atom. The van der Waals surface area contributed by atoms with Gasteiger partial charge >= 0.3 is 110 Å². The topological polar surface area (TPSA) is 0 Å². The van der Waals surface area contributed by atoms with Gasteiger partial charge < -0.3 is 13.5 Å². The van der Waals surface area contributed by atoms with E-state index in [2.05, 4.69) is 0 Å². The van der Waals surface area contributed by atoms with Gasteiger partial charge in [0.05, 0.1) is 0 Å². The Hall–Kier alpha value is 4.34. The Morgan fingerprint density at radius 2 is 0.800 bits per heavy atom. The van der Waals surface area contributed by atoms with E-state index in [4.69, 9.17) is 0 Å². The SMILES string of the molecule is S.[K+].[Na+].[Na+].[S-2]. The van der Waals surface area contributed by atoms with Crippen molar-refractivity contribution in [1.29, 1.82) is 0 Å². The standard InChI is InChI=1S/K.2Na.H2S.S/h;;;1H2;/q3*+1;;-2. The summed E-state index contributed by atoms with van der Waals surface area (Å²) < 4.78 is 0. The summed E-state index contributed by atoms with van der Waals surface area (Å²) >= 11 is 0. The molecule has 0 spiro atoms. The molecule has 0 amide bonds. The predicted octanol–water partition coefficient (Wildman–Crippen LogP) is -8.88. The van der Waals surface area contributed by atoms with Gasteiger partial charge in [0.25, 0.3) is 0 Å². The van der Waals surface area contributed by atoms with Crippen molar-refractivity contribution in [2.75, 3.05) is 0 Å².